The first-order chi connectivity index (χ1) is 7.74. The number of rotatable bonds is 3. The Balaban J connectivity index is 0.00000144. The zero-order valence-corrected chi connectivity index (χ0v) is 11.0. The first-order valence-corrected chi connectivity index (χ1v) is 5.58. The van der Waals surface area contributed by atoms with Gasteiger partial charge < -0.3 is 10.5 Å². The fourth-order valence-electron chi connectivity index (χ4n) is 1.84. The summed E-state index contributed by atoms with van der Waals surface area (Å²) >= 11 is 0. The normalized spacial score (nSPS) is 11.9. The smallest absolute Gasteiger partial charge is 0.119 e. The summed E-state index contributed by atoms with van der Waals surface area (Å²) in [5.74, 6) is 0.889. The van der Waals surface area contributed by atoms with Gasteiger partial charge in [0.15, 0.2) is 0 Å². The van der Waals surface area contributed by atoms with Crippen LogP contribution in [0.15, 0.2) is 36.4 Å². The van der Waals surface area contributed by atoms with E-state index >= 15 is 0 Å². The van der Waals surface area contributed by atoms with Gasteiger partial charge in [0, 0.05) is 6.04 Å². The van der Waals surface area contributed by atoms with Crippen molar-refractivity contribution >= 4 is 23.2 Å². The molecule has 0 saturated carbocycles. The van der Waals surface area contributed by atoms with Crippen molar-refractivity contribution in [2.75, 3.05) is 7.11 Å². The van der Waals surface area contributed by atoms with E-state index in [0.29, 0.717) is 0 Å². The van der Waals surface area contributed by atoms with E-state index in [4.69, 9.17) is 10.5 Å². The molecule has 0 aliphatic rings. The monoisotopic (exact) mass is 251 g/mol. The van der Waals surface area contributed by atoms with Gasteiger partial charge in [-0.05, 0) is 41.0 Å². The van der Waals surface area contributed by atoms with Crippen molar-refractivity contribution in [2.24, 2.45) is 5.73 Å². The lowest BCUT2D eigenvalue weighted by atomic mass is 10.0. The summed E-state index contributed by atoms with van der Waals surface area (Å²) in [7, 11) is 1.68. The van der Waals surface area contributed by atoms with Gasteiger partial charge in [0.1, 0.15) is 5.75 Å². The van der Waals surface area contributed by atoms with Crippen LogP contribution in [0.2, 0.25) is 0 Å². The molecule has 92 valence electrons. The minimum absolute atomic E-state index is 0. The van der Waals surface area contributed by atoms with Gasteiger partial charge in [-0.3, -0.25) is 0 Å². The molecule has 0 aliphatic carbocycles. The van der Waals surface area contributed by atoms with Crippen LogP contribution in [-0.4, -0.2) is 7.11 Å². The molecule has 0 heterocycles. The van der Waals surface area contributed by atoms with Crippen molar-refractivity contribution in [3.8, 4) is 5.75 Å². The summed E-state index contributed by atoms with van der Waals surface area (Å²) in [6, 6.07) is 12.6. The molecule has 0 bridgehead atoms. The van der Waals surface area contributed by atoms with Gasteiger partial charge in [0.2, 0.25) is 0 Å². The van der Waals surface area contributed by atoms with Gasteiger partial charge in [-0.2, -0.15) is 0 Å². The van der Waals surface area contributed by atoms with Crippen LogP contribution in [0.1, 0.15) is 24.9 Å². The van der Waals surface area contributed by atoms with Gasteiger partial charge in [-0.1, -0.05) is 25.1 Å². The molecule has 0 spiro atoms. The van der Waals surface area contributed by atoms with Crippen LogP contribution in [0.4, 0.5) is 0 Å². The maximum absolute atomic E-state index is 6.02. The molecule has 2 rings (SSSR count). The lowest BCUT2D eigenvalue weighted by Gasteiger charge is -2.10. The van der Waals surface area contributed by atoms with Gasteiger partial charge in [0.05, 0.1) is 7.11 Å². The first-order valence-electron chi connectivity index (χ1n) is 5.58. The number of ether oxygens (including phenoxy) is 1. The molecule has 0 radical (unpaired) electrons. The topological polar surface area (TPSA) is 35.2 Å². The number of hydrogen-bond acceptors (Lipinski definition) is 2. The van der Waals surface area contributed by atoms with Crippen LogP contribution in [0.3, 0.4) is 0 Å². The Bertz CT molecular complexity index is 499. The number of hydrogen-bond donors (Lipinski definition) is 1. The summed E-state index contributed by atoms with van der Waals surface area (Å²) in [6.45, 7) is 2.10. The third-order valence-corrected chi connectivity index (χ3v) is 2.94. The molecule has 0 saturated heterocycles. The molecule has 0 aromatic heterocycles. The molecule has 2 N–H and O–H groups in total. The maximum atomic E-state index is 6.02. The average Bonchev–Trinajstić information content (AvgIpc) is 2.36. The molecule has 2 nitrogen and oxygen atoms in total. The molecular weight excluding hydrogens is 234 g/mol. The molecule has 2 aromatic carbocycles. The van der Waals surface area contributed by atoms with Gasteiger partial charge in [-0.25, -0.2) is 0 Å². The molecule has 1 atom stereocenters. The van der Waals surface area contributed by atoms with Crippen LogP contribution >= 0.6 is 12.4 Å². The Hall–Kier alpha value is -1.25. The lowest BCUT2D eigenvalue weighted by molar-refractivity contribution is 0.415. The second-order valence-corrected chi connectivity index (χ2v) is 3.99. The van der Waals surface area contributed by atoms with E-state index in [2.05, 4.69) is 31.2 Å². The number of nitrogens with two attached hydrogens (primary N) is 1. The Labute approximate surface area is 108 Å². The Morgan fingerprint density at radius 3 is 2.41 bits per heavy atom. The summed E-state index contributed by atoms with van der Waals surface area (Å²) in [5, 5.41) is 2.40. The Kier molecular flexibility index (Phi) is 4.79. The van der Waals surface area contributed by atoms with Crippen molar-refractivity contribution in [3.63, 3.8) is 0 Å². The molecule has 0 aliphatic heterocycles. The summed E-state index contributed by atoms with van der Waals surface area (Å²) < 4.78 is 5.20. The predicted octanol–water partition coefficient (Wildman–Crippen LogP) is 3.68. The van der Waals surface area contributed by atoms with Crippen molar-refractivity contribution in [1.82, 2.24) is 0 Å². The fraction of sp³-hybridized carbons (Fsp3) is 0.286. The molecule has 0 fully saturated rings. The number of methoxy groups -OCH3 is 1. The number of fused-ring (bicyclic) bond motifs is 1. The highest BCUT2D eigenvalue weighted by molar-refractivity contribution is 5.85. The first kappa shape index (κ1) is 13.8. The third-order valence-electron chi connectivity index (χ3n) is 2.94. The molecule has 0 amide bonds. The van der Waals surface area contributed by atoms with Crippen LogP contribution in [0.5, 0.6) is 5.75 Å². The molecule has 17 heavy (non-hydrogen) atoms. The quantitative estimate of drug-likeness (QED) is 0.903. The molecule has 0 unspecified atom stereocenters. The van der Waals surface area contributed by atoms with Gasteiger partial charge >= 0.3 is 0 Å². The minimum Gasteiger partial charge on any atom is -0.497 e. The molecule has 3 heteroatoms. The van der Waals surface area contributed by atoms with Gasteiger partial charge in [0.25, 0.3) is 0 Å². The second-order valence-electron chi connectivity index (χ2n) is 3.99. The largest absolute Gasteiger partial charge is 0.497 e. The highest BCUT2D eigenvalue weighted by Crippen LogP contribution is 2.24. The minimum atomic E-state index is 0. The summed E-state index contributed by atoms with van der Waals surface area (Å²) in [5.41, 5.74) is 7.21. The number of halogens is 1. The molecular formula is C14H18ClNO. The van der Waals surface area contributed by atoms with E-state index in [0.717, 1.165) is 12.2 Å². The van der Waals surface area contributed by atoms with Gasteiger partial charge in [-0.15, -0.1) is 12.4 Å². The third kappa shape index (κ3) is 2.90. The standard InChI is InChI=1S/C14H17NO.ClH/c1-3-14(15)12-5-4-11-9-13(16-2)7-6-10(11)8-12;/h4-9,14H,3,15H2,1-2H3;1H/t14-;/m0./s1. The SMILES string of the molecule is CC[C@H](N)c1ccc2cc(OC)ccc2c1.Cl. The van der Waals surface area contributed by atoms with E-state index in [1.54, 1.807) is 7.11 Å². The average molecular weight is 252 g/mol. The van der Waals surface area contributed by atoms with E-state index in [9.17, 15) is 0 Å². The van der Waals surface area contributed by atoms with E-state index in [-0.39, 0.29) is 18.4 Å². The lowest BCUT2D eigenvalue weighted by Crippen LogP contribution is -2.08. The van der Waals surface area contributed by atoms with Crippen molar-refractivity contribution in [3.05, 3.63) is 42.0 Å². The van der Waals surface area contributed by atoms with Crippen molar-refractivity contribution in [2.45, 2.75) is 19.4 Å². The molecule has 2 aromatic rings. The van der Waals surface area contributed by atoms with E-state index in [1.165, 1.54) is 16.3 Å². The summed E-state index contributed by atoms with van der Waals surface area (Å²) in [4.78, 5) is 0. The van der Waals surface area contributed by atoms with Crippen LogP contribution < -0.4 is 10.5 Å². The van der Waals surface area contributed by atoms with Crippen LogP contribution in [0, 0.1) is 0 Å². The van der Waals surface area contributed by atoms with Crippen molar-refractivity contribution in [1.29, 1.82) is 0 Å². The van der Waals surface area contributed by atoms with Crippen molar-refractivity contribution < 1.29 is 4.74 Å². The second kappa shape index (κ2) is 5.89. The Morgan fingerprint density at radius 2 is 1.76 bits per heavy atom. The highest BCUT2D eigenvalue weighted by Gasteiger charge is 2.04. The predicted molar refractivity (Wildman–Crippen MR) is 75.0 cm³/mol. The van der Waals surface area contributed by atoms with Crippen LogP contribution in [0.25, 0.3) is 10.8 Å². The summed E-state index contributed by atoms with van der Waals surface area (Å²) in [6.07, 6.45) is 0.960. The highest BCUT2D eigenvalue weighted by atomic mass is 35.5. The zero-order chi connectivity index (χ0) is 11.5. The maximum Gasteiger partial charge on any atom is 0.119 e. The van der Waals surface area contributed by atoms with Crippen LogP contribution in [-0.2, 0) is 0 Å². The number of benzene rings is 2. The zero-order valence-electron chi connectivity index (χ0n) is 10.1. The van der Waals surface area contributed by atoms with E-state index in [1.807, 2.05) is 12.1 Å². The van der Waals surface area contributed by atoms with E-state index < -0.39 is 0 Å². The fourth-order valence-corrected chi connectivity index (χ4v) is 1.84. The Morgan fingerprint density at radius 1 is 1.12 bits per heavy atom.